The van der Waals surface area contributed by atoms with E-state index in [0.717, 1.165) is 17.3 Å². The van der Waals surface area contributed by atoms with Gasteiger partial charge in [-0.25, -0.2) is 0 Å². The van der Waals surface area contributed by atoms with Crippen molar-refractivity contribution in [1.29, 1.82) is 0 Å². The second kappa shape index (κ2) is 10.1. The Bertz CT molecular complexity index is 561. The van der Waals surface area contributed by atoms with E-state index < -0.39 is 11.9 Å². The molecule has 0 aliphatic heterocycles. The van der Waals surface area contributed by atoms with Crippen LogP contribution in [0, 0.1) is 11.8 Å². The number of rotatable bonds is 9. The van der Waals surface area contributed by atoms with Crippen LogP contribution in [0.15, 0.2) is 30.3 Å². The molecule has 0 fully saturated rings. The molecule has 0 saturated heterocycles. The number of hydrogen-bond donors (Lipinski definition) is 2. The number of thioether (sulfide) groups is 1. The Kier molecular flexibility index (Phi) is 8.54. The van der Waals surface area contributed by atoms with Crippen LogP contribution in [0.25, 0.3) is 0 Å². The lowest BCUT2D eigenvalue weighted by Gasteiger charge is -2.22. The number of carbonyl (C=O) groups excluding carboxylic acids is 3. The van der Waals surface area contributed by atoms with Crippen molar-refractivity contribution in [2.45, 2.75) is 39.7 Å². The summed E-state index contributed by atoms with van der Waals surface area (Å²) < 4.78 is 0. The summed E-state index contributed by atoms with van der Waals surface area (Å²) in [6.45, 7) is 5.53. The summed E-state index contributed by atoms with van der Waals surface area (Å²) in [7, 11) is 0. The van der Waals surface area contributed by atoms with E-state index in [4.69, 9.17) is 5.73 Å². The van der Waals surface area contributed by atoms with Crippen molar-refractivity contribution < 1.29 is 14.4 Å². The fourth-order valence-corrected chi connectivity index (χ4v) is 3.12. The van der Waals surface area contributed by atoms with Crippen LogP contribution in [0.1, 0.15) is 32.8 Å². The molecule has 1 aromatic carbocycles. The summed E-state index contributed by atoms with van der Waals surface area (Å²) in [4.78, 5) is 35.4. The Morgan fingerprint density at radius 3 is 2.29 bits per heavy atom. The third kappa shape index (κ3) is 7.64. The maximum Gasteiger partial charge on any atom is 0.240 e. The quantitative estimate of drug-likeness (QED) is 0.714. The van der Waals surface area contributed by atoms with Crippen LogP contribution >= 0.6 is 11.8 Å². The van der Waals surface area contributed by atoms with Crippen molar-refractivity contribution in [2.24, 2.45) is 17.6 Å². The lowest BCUT2D eigenvalue weighted by Crippen LogP contribution is -2.48. The highest BCUT2D eigenvalue weighted by molar-refractivity contribution is 8.13. The van der Waals surface area contributed by atoms with Gasteiger partial charge in [0.15, 0.2) is 5.12 Å². The number of nitrogens with one attached hydrogen (secondary N) is 1. The van der Waals surface area contributed by atoms with Gasteiger partial charge >= 0.3 is 0 Å². The molecule has 24 heavy (non-hydrogen) atoms. The molecule has 2 atom stereocenters. The van der Waals surface area contributed by atoms with Crippen LogP contribution in [0.2, 0.25) is 0 Å². The number of carbonyl (C=O) groups is 3. The molecule has 5 nitrogen and oxygen atoms in total. The Balaban J connectivity index is 2.75. The topological polar surface area (TPSA) is 89.3 Å². The predicted octanol–water partition coefficient (Wildman–Crippen LogP) is 2.14. The van der Waals surface area contributed by atoms with Gasteiger partial charge in [0.2, 0.25) is 11.8 Å². The molecular formula is C18H26N2O3S. The van der Waals surface area contributed by atoms with Gasteiger partial charge in [0.25, 0.3) is 0 Å². The Hall–Kier alpha value is -1.82. The summed E-state index contributed by atoms with van der Waals surface area (Å²) in [6.07, 6.45) is 1.01. The van der Waals surface area contributed by atoms with E-state index in [2.05, 4.69) is 5.32 Å². The van der Waals surface area contributed by atoms with E-state index in [-0.39, 0.29) is 16.9 Å². The molecule has 0 aliphatic rings. The molecular weight excluding hydrogens is 324 g/mol. The summed E-state index contributed by atoms with van der Waals surface area (Å²) >= 11 is 1.13. The van der Waals surface area contributed by atoms with Crippen LogP contribution in [0.4, 0.5) is 0 Å². The van der Waals surface area contributed by atoms with Crippen molar-refractivity contribution in [3.05, 3.63) is 35.9 Å². The molecule has 3 N–H and O–H groups in total. The van der Waals surface area contributed by atoms with Crippen molar-refractivity contribution in [1.82, 2.24) is 5.32 Å². The van der Waals surface area contributed by atoms with Crippen LogP contribution in [-0.2, 0) is 20.8 Å². The normalized spacial score (nSPS) is 13.3. The van der Waals surface area contributed by atoms with E-state index in [1.807, 2.05) is 44.2 Å². The van der Waals surface area contributed by atoms with Crippen LogP contribution < -0.4 is 11.1 Å². The van der Waals surface area contributed by atoms with Gasteiger partial charge in [-0.2, -0.15) is 0 Å². The summed E-state index contributed by atoms with van der Waals surface area (Å²) in [5, 5.41) is 2.74. The van der Waals surface area contributed by atoms with E-state index in [0.29, 0.717) is 24.5 Å². The maximum absolute atomic E-state index is 12.6. The van der Waals surface area contributed by atoms with E-state index >= 15 is 0 Å². The summed E-state index contributed by atoms with van der Waals surface area (Å²) in [5.41, 5.74) is 6.37. The predicted molar refractivity (Wildman–Crippen MR) is 97.4 cm³/mol. The molecule has 132 valence electrons. The minimum absolute atomic E-state index is 0.0210. The molecule has 6 heteroatoms. The summed E-state index contributed by atoms with van der Waals surface area (Å²) in [5.74, 6) is -0.381. The SMILES string of the molecule is CC(=O)SC[C@H](CC(C)C)C(=O)N[C@@H](Cc1ccccc1)C(N)=O. The number of benzene rings is 1. The van der Waals surface area contributed by atoms with Gasteiger partial charge in [0.05, 0.1) is 0 Å². The fraction of sp³-hybridized carbons (Fsp3) is 0.500. The number of primary amides is 1. The van der Waals surface area contributed by atoms with Gasteiger partial charge in [-0.3, -0.25) is 14.4 Å². The van der Waals surface area contributed by atoms with Crippen molar-refractivity contribution >= 4 is 28.7 Å². The molecule has 0 spiro atoms. The molecule has 0 aromatic heterocycles. The molecule has 0 bridgehead atoms. The highest BCUT2D eigenvalue weighted by Crippen LogP contribution is 2.18. The van der Waals surface area contributed by atoms with Crippen LogP contribution in [0.5, 0.6) is 0 Å². The minimum Gasteiger partial charge on any atom is -0.368 e. The number of nitrogens with two attached hydrogens (primary N) is 1. The molecule has 0 unspecified atom stereocenters. The van der Waals surface area contributed by atoms with Crippen LogP contribution in [-0.4, -0.2) is 28.7 Å². The van der Waals surface area contributed by atoms with E-state index in [1.54, 1.807) is 0 Å². The van der Waals surface area contributed by atoms with Crippen molar-refractivity contribution in [3.8, 4) is 0 Å². The third-order valence-electron chi connectivity index (χ3n) is 3.56. The zero-order chi connectivity index (χ0) is 18.1. The lowest BCUT2D eigenvalue weighted by atomic mass is 9.97. The van der Waals surface area contributed by atoms with Gasteiger partial charge in [-0.05, 0) is 17.9 Å². The molecule has 1 rings (SSSR count). The maximum atomic E-state index is 12.6. The molecule has 2 amide bonds. The van der Waals surface area contributed by atoms with Crippen LogP contribution in [0.3, 0.4) is 0 Å². The largest absolute Gasteiger partial charge is 0.368 e. The second-order valence-corrected chi connectivity index (χ2v) is 7.48. The summed E-state index contributed by atoms with van der Waals surface area (Å²) in [6, 6.07) is 8.66. The first-order chi connectivity index (χ1) is 11.3. The Labute approximate surface area is 147 Å². The van der Waals surface area contributed by atoms with Gasteiger partial charge in [0, 0.05) is 25.0 Å². The number of amides is 2. The average Bonchev–Trinajstić information content (AvgIpc) is 2.51. The average molecular weight is 350 g/mol. The highest BCUT2D eigenvalue weighted by Gasteiger charge is 2.25. The van der Waals surface area contributed by atoms with Gasteiger partial charge in [-0.15, -0.1) is 0 Å². The Morgan fingerprint density at radius 1 is 1.17 bits per heavy atom. The molecule has 0 heterocycles. The highest BCUT2D eigenvalue weighted by atomic mass is 32.2. The molecule has 0 radical (unpaired) electrons. The third-order valence-corrected chi connectivity index (χ3v) is 4.53. The fourth-order valence-electron chi connectivity index (χ4n) is 2.40. The van der Waals surface area contributed by atoms with Crippen molar-refractivity contribution in [3.63, 3.8) is 0 Å². The monoisotopic (exact) mass is 350 g/mol. The smallest absolute Gasteiger partial charge is 0.240 e. The molecule has 1 aromatic rings. The minimum atomic E-state index is -0.753. The zero-order valence-corrected chi connectivity index (χ0v) is 15.3. The zero-order valence-electron chi connectivity index (χ0n) is 14.5. The first-order valence-electron chi connectivity index (χ1n) is 8.06. The lowest BCUT2D eigenvalue weighted by molar-refractivity contribution is -0.129. The standard InChI is InChI=1S/C18H26N2O3S/c1-12(2)9-15(11-24-13(3)21)18(23)20-16(17(19)22)10-14-7-5-4-6-8-14/h4-8,12,15-16H,9-11H2,1-3H3,(H2,19,22)(H,20,23)/t15-,16-/m0/s1. The van der Waals surface area contributed by atoms with Gasteiger partial charge < -0.3 is 11.1 Å². The second-order valence-electron chi connectivity index (χ2n) is 6.28. The molecule has 0 aliphatic carbocycles. The van der Waals surface area contributed by atoms with Crippen molar-refractivity contribution in [2.75, 3.05) is 5.75 Å². The first-order valence-corrected chi connectivity index (χ1v) is 9.05. The Morgan fingerprint density at radius 2 is 1.79 bits per heavy atom. The number of hydrogen-bond acceptors (Lipinski definition) is 4. The molecule has 0 saturated carbocycles. The van der Waals surface area contributed by atoms with Gasteiger partial charge in [0.1, 0.15) is 6.04 Å². The van der Waals surface area contributed by atoms with Gasteiger partial charge in [-0.1, -0.05) is 55.9 Å². The first kappa shape index (κ1) is 20.2. The van der Waals surface area contributed by atoms with E-state index in [9.17, 15) is 14.4 Å². The van der Waals surface area contributed by atoms with E-state index in [1.165, 1.54) is 6.92 Å².